The second-order valence-corrected chi connectivity index (χ2v) is 7.69. The highest BCUT2D eigenvalue weighted by Gasteiger charge is 2.57. The van der Waals surface area contributed by atoms with Crippen LogP contribution in [0.1, 0.15) is 36.8 Å². The molecule has 0 atom stereocenters. The molecule has 2 aromatic carbocycles. The Morgan fingerprint density at radius 1 is 1.00 bits per heavy atom. The van der Waals surface area contributed by atoms with Gasteiger partial charge in [0.1, 0.15) is 11.6 Å². The molecule has 0 amide bonds. The smallest absolute Gasteiger partial charge is 0.128 e. The van der Waals surface area contributed by atoms with E-state index in [4.69, 9.17) is 4.74 Å². The predicted octanol–water partition coefficient (Wildman–Crippen LogP) is 5.70. The van der Waals surface area contributed by atoms with Gasteiger partial charge in [-0.2, -0.15) is 0 Å². The van der Waals surface area contributed by atoms with Crippen molar-refractivity contribution in [3.63, 3.8) is 0 Å². The summed E-state index contributed by atoms with van der Waals surface area (Å²) in [5, 5.41) is 0. The quantitative estimate of drug-likeness (QED) is 0.668. The molecule has 0 saturated heterocycles. The summed E-state index contributed by atoms with van der Waals surface area (Å²) in [6.45, 7) is 0. The SMILES string of the molecule is COc1ccc(C2(c3ccc(Br)cc3F)C3CCC2CC3)cc1. The van der Waals surface area contributed by atoms with Gasteiger partial charge in [-0.25, -0.2) is 4.39 Å². The van der Waals surface area contributed by atoms with Crippen LogP contribution in [0.2, 0.25) is 0 Å². The van der Waals surface area contributed by atoms with Crippen molar-refractivity contribution in [3.05, 3.63) is 63.9 Å². The lowest BCUT2D eigenvalue weighted by Crippen LogP contribution is -2.34. The van der Waals surface area contributed by atoms with Crippen LogP contribution in [0.3, 0.4) is 0 Å². The van der Waals surface area contributed by atoms with Crippen LogP contribution >= 0.6 is 15.9 Å². The Labute approximate surface area is 145 Å². The number of ether oxygens (including phenoxy) is 1. The summed E-state index contributed by atoms with van der Waals surface area (Å²) in [5.74, 6) is 1.84. The van der Waals surface area contributed by atoms with E-state index in [0.29, 0.717) is 11.8 Å². The van der Waals surface area contributed by atoms with E-state index in [1.807, 2.05) is 24.3 Å². The van der Waals surface area contributed by atoms with Gasteiger partial charge in [-0.1, -0.05) is 34.1 Å². The van der Waals surface area contributed by atoms with Gasteiger partial charge in [0.2, 0.25) is 0 Å². The molecule has 0 heterocycles. The van der Waals surface area contributed by atoms with Crippen molar-refractivity contribution in [1.82, 2.24) is 0 Å². The maximum Gasteiger partial charge on any atom is 0.128 e. The Hall–Kier alpha value is -1.35. The van der Waals surface area contributed by atoms with Gasteiger partial charge in [-0.05, 0) is 72.9 Å². The minimum atomic E-state index is -0.170. The first-order chi connectivity index (χ1) is 11.2. The lowest BCUT2D eigenvalue weighted by Gasteiger charge is -2.36. The first-order valence-electron chi connectivity index (χ1n) is 8.26. The highest BCUT2D eigenvalue weighted by Crippen LogP contribution is 2.62. The first kappa shape index (κ1) is 15.2. The molecule has 2 aromatic rings. The van der Waals surface area contributed by atoms with Gasteiger partial charge in [0, 0.05) is 9.89 Å². The zero-order chi connectivity index (χ0) is 16.0. The predicted molar refractivity (Wildman–Crippen MR) is 93.3 cm³/mol. The molecule has 0 aliphatic heterocycles. The summed E-state index contributed by atoms with van der Waals surface area (Å²) >= 11 is 3.39. The standard InChI is InChI=1S/C20H20BrFO/c1-23-17-9-6-15(7-10-17)20(13-2-3-14(20)5-4-13)18-11-8-16(21)12-19(18)22/h6-14H,2-5H2,1H3. The van der Waals surface area contributed by atoms with Crippen LogP contribution < -0.4 is 4.74 Å². The average molecular weight is 375 g/mol. The van der Waals surface area contributed by atoms with Gasteiger partial charge in [0.15, 0.2) is 0 Å². The molecule has 2 fully saturated rings. The number of hydrogen-bond donors (Lipinski definition) is 0. The molecule has 2 aliphatic rings. The van der Waals surface area contributed by atoms with E-state index in [2.05, 4.69) is 28.1 Å². The molecule has 0 spiro atoms. The third-order valence-electron chi connectivity index (χ3n) is 5.96. The molecule has 0 N–H and O–H groups in total. The van der Waals surface area contributed by atoms with Crippen molar-refractivity contribution < 1.29 is 9.13 Å². The van der Waals surface area contributed by atoms with Gasteiger partial charge < -0.3 is 4.74 Å². The maximum absolute atomic E-state index is 14.9. The van der Waals surface area contributed by atoms with Crippen molar-refractivity contribution in [3.8, 4) is 5.75 Å². The zero-order valence-corrected chi connectivity index (χ0v) is 14.8. The van der Waals surface area contributed by atoms with Crippen molar-refractivity contribution in [2.45, 2.75) is 31.1 Å². The van der Waals surface area contributed by atoms with Crippen LogP contribution in [-0.4, -0.2) is 7.11 Å². The van der Waals surface area contributed by atoms with Gasteiger partial charge >= 0.3 is 0 Å². The highest BCUT2D eigenvalue weighted by atomic mass is 79.9. The van der Waals surface area contributed by atoms with Crippen LogP contribution in [0, 0.1) is 17.7 Å². The molecule has 1 nitrogen and oxygen atoms in total. The molecule has 4 rings (SSSR count). The largest absolute Gasteiger partial charge is 0.497 e. The fourth-order valence-electron chi connectivity index (χ4n) is 5.10. The molecule has 3 heteroatoms. The Bertz CT molecular complexity index is 705. The average Bonchev–Trinajstić information content (AvgIpc) is 3.11. The van der Waals surface area contributed by atoms with Crippen molar-refractivity contribution in [2.75, 3.05) is 7.11 Å². The van der Waals surface area contributed by atoms with Crippen LogP contribution in [0.5, 0.6) is 5.75 Å². The molecular formula is C20H20BrFO. The van der Waals surface area contributed by atoms with E-state index in [1.54, 1.807) is 13.2 Å². The lowest BCUT2D eigenvalue weighted by atomic mass is 9.66. The molecule has 120 valence electrons. The lowest BCUT2D eigenvalue weighted by molar-refractivity contribution is 0.370. The normalized spacial score (nSPS) is 29.0. The number of methoxy groups -OCH3 is 1. The molecule has 0 radical (unpaired) electrons. The summed E-state index contributed by atoms with van der Waals surface area (Å²) in [7, 11) is 1.68. The second kappa shape index (κ2) is 5.62. The van der Waals surface area contributed by atoms with E-state index < -0.39 is 0 Å². The summed E-state index contributed by atoms with van der Waals surface area (Å²) in [6, 6.07) is 13.9. The summed E-state index contributed by atoms with van der Waals surface area (Å²) in [6.07, 6.45) is 4.80. The van der Waals surface area contributed by atoms with E-state index >= 15 is 0 Å². The van der Waals surface area contributed by atoms with Crippen LogP contribution in [-0.2, 0) is 5.41 Å². The van der Waals surface area contributed by atoms with E-state index in [-0.39, 0.29) is 11.2 Å². The van der Waals surface area contributed by atoms with Crippen molar-refractivity contribution >= 4 is 15.9 Å². The van der Waals surface area contributed by atoms with Crippen molar-refractivity contribution in [1.29, 1.82) is 0 Å². The minimum absolute atomic E-state index is 0.0889. The molecule has 2 bridgehead atoms. The molecule has 0 unspecified atom stereocenters. The summed E-state index contributed by atoms with van der Waals surface area (Å²) < 4.78 is 21.0. The fraction of sp³-hybridized carbons (Fsp3) is 0.400. The van der Waals surface area contributed by atoms with Crippen LogP contribution in [0.15, 0.2) is 46.9 Å². The summed E-state index contributed by atoms with van der Waals surface area (Å²) in [5.41, 5.74) is 1.94. The molecule has 23 heavy (non-hydrogen) atoms. The van der Waals surface area contributed by atoms with E-state index in [1.165, 1.54) is 31.2 Å². The maximum atomic E-state index is 14.9. The Morgan fingerprint density at radius 2 is 1.61 bits per heavy atom. The summed E-state index contributed by atoms with van der Waals surface area (Å²) in [4.78, 5) is 0. The van der Waals surface area contributed by atoms with Gasteiger partial charge in [-0.3, -0.25) is 0 Å². The van der Waals surface area contributed by atoms with Gasteiger partial charge in [-0.15, -0.1) is 0 Å². The molecular weight excluding hydrogens is 355 g/mol. The number of hydrogen-bond acceptors (Lipinski definition) is 1. The van der Waals surface area contributed by atoms with Gasteiger partial charge in [0.25, 0.3) is 0 Å². The molecule has 2 aliphatic carbocycles. The number of halogens is 2. The third kappa shape index (κ3) is 2.16. The Balaban J connectivity index is 1.92. The monoisotopic (exact) mass is 374 g/mol. The number of rotatable bonds is 3. The Morgan fingerprint density at radius 3 is 2.13 bits per heavy atom. The topological polar surface area (TPSA) is 9.23 Å². The van der Waals surface area contributed by atoms with E-state index in [9.17, 15) is 4.39 Å². The minimum Gasteiger partial charge on any atom is -0.497 e. The first-order valence-corrected chi connectivity index (χ1v) is 9.05. The van der Waals surface area contributed by atoms with Crippen LogP contribution in [0.4, 0.5) is 4.39 Å². The third-order valence-corrected chi connectivity index (χ3v) is 6.45. The molecule has 0 aromatic heterocycles. The number of benzene rings is 2. The zero-order valence-electron chi connectivity index (χ0n) is 13.2. The highest BCUT2D eigenvalue weighted by molar-refractivity contribution is 9.10. The van der Waals surface area contributed by atoms with Gasteiger partial charge in [0.05, 0.1) is 7.11 Å². The van der Waals surface area contributed by atoms with Crippen LogP contribution in [0.25, 0.3) is 0 Å². The Kier molecular flexibility index (Phi) is 3.72. The van der Waals surface area contributed by atoms with Crippen molar-refractivity contribution in [2.24, 2.45) is 11.8 Å². The van der Waals surface area contributed by atoms with E-state index in [0.717, 1.165) is 15.8 Å². The number of fused-ring (bicyclic) bond motifs is 2. The molecule has 2 saturated carbocycles. The second-order valence-electron chi connectivity index (χ2n) is 6.77. The fourth-order valence-corrected chi connectivity index (χ4v) is 5.43.